The van der Waals surface area contributed by atoms with Crippen LogP contribution in [-0.2, 0) is 4.79 Å². The second-order valence-electron chi connectivity index (χ2n) is 5.48. The van der Waals surface area contributed by atoms with Crippen LogP contribution in [0.25, 0.3) is 10.9 Å². The van der Waals surface area contributed by atoms with Crippen molar-refractivity contribution in [3.63, 3.8) is 0 Å². The van der Waals surface area contributed by atoms with Crippen molar-refractivity contribution in [3.05, 3.63) is 72.4 Å². The first-order valence-electron chi connectivity index (χ1n) is 7.42. The summed E-state index contributed by atoms with van der Waals surface area (Å²) in [7, 11) is 0. The molecule has 0 aliphatic carbocycles. The molecule has 2 aromatic carbocycles. The Hall–Kier alpha value is -2.68. The van der Waals surface area contributed by atoms with Crippen LogP contribution >= 0.6 is 0 Å². The zero-order valence-electron chi connectivity index (χ0n) is 12.5. The average molecular weight is 290 g/mol. The molecule has 0 saturated carbocycles. The molecule has 110 valence electrons. The molecule has 0 radical (unpaired) electrons. The zero-order chi connectivity index (χ0) is 15.4. The molecule has 0 saturated heterocycles. The van der Waals surface area contributed by atoms with E-state index in [1.54, 1.807) is 6.20 Å². The zero-order valence-corrected chi connectivity index (χ0v) is 12.5. The molecule has 0 aliphatic rings. The smallest absolute Gasteiger partial charge is 0.225 e. The van der Waals surface area contributed by atoms with Crippen LogP contribution in [0.15, 0.2) is 66.9 Å². The van der Waals surface area contributed by atoms with E-state index in [0.717, 1.165) is 16.6 Å². The minimum atomic E-state index is 0.00781. The number of amides is 1. The third-order valence-electron chi connectivity index (χ3n) is 3.73. The summed E-state index contributed by atoms with van der Waals surface area (Å²) in [5, 5.41) is 3.96. The van der Waals surface area contributed by atoms with Crippen molar-refractivity contribution in [2.24, 2.45) is 0 Å². The number of carbonyl (C=O) groups is 1. The summed E-state index contributed by atoms with van der Waals surface area (Å²) < 4.78 is 0. The molecular weight excluding hydrogens is 272 g/mol. The quantitative estimate of drug-likeness (QED) is 0.775. The molecular formula is C19H18N2O. The molecule has 22 heavy (non-hydrogen) atoms. The molecule has 0 spiro atoms. The highest BCUT2D eigenvalue weighted by Gasteiger charge is 2.11. The number of para-hydroxylation sites is 1. The minimum Gasteiger partial charge on any atom is -0.325 e. The highest BCUT2D eigenvalue weighted by Crippen LogP contribution is 2.20. The average Bonchev–Trinajstić information content (AvgIpc) is 2.55. The Morgan fingerprint density at radius 2 is 1.82 bits per heavy atom. The molecule has 1 atom stereocenters. The van der Waals surface area contributed by atoms with Crippen LogP contribution in [0.2, 0.25) is 0 Å². The maximum absolute atomic E-state index is 12.2. The van der Waals surface area contributed by atoms with E-state index >= 15 is 0 Å². The van der Waals surface area contributed by atoms with Crippen LogP contribution in [0, 0.1) is 0 Å². The van der Waals surface area contributed by atoms with Gasteiger partial charge in [0.2, 0.25) is 5.91 Å². The number of anilines is 1. The number of fused-ring (bicyclic) bond motifs is 1. The SMILES string of the molecule is CC(CC(=O)Nc1cnc2ccccc2c1)c1ccccc1. The van der Waals surface area contributed by atoms with Crippen LogP contribution in [0.1, 0.15) is 24.8 Å². The predicted molar refractivity (Wildman–Crippen MR) is 89.8 cm³/mol. The fourth-order valence-electron chi connectivity index (χ4n) is 2.53. The van der Waals surface area contributed by atoms with Crippen molar-refractivity contribution in [1.82, 2.24) is 4.98 Å². The molecule has 1 heterocycles. The summed E-state index contributed by atoms with van der Waals surface area (Å²) >= 11 is 0. The minimum absolute atomic E-state index is 0.00781. The molecule has 3 nitrogen and oxygen atoms in total. The van der Waals surface area contributed by atoms with Crippen LogP contribution in [0.4, 0.5) is 5.69 Å². The number of hydrogen-bond donors (Lipinski definition) is 1. The van der Waals surface area contributed by atoms with Gasteiger partial charge in [0.1, 0.15) is 0 Å². The van der Waals surface area contributed by atoms with Gasteiger partial charge in [-0.25, -0.2) is 0 Å². The first-order chi connectivity index (χ1) is 10.7. The predicted octanol–water partition coefficient (Wildman–Crippen LogP) is 4.37. The van der Waals surface area contributed by atoms with Gasteiger partial charge in [0.05, 0.1) is 17.4 Å². The molecule has 0 bridgehead atoms. The van der Waals surface area contributed by atoms with Crippen LogP contribution in [0.5, 0.6) is 0 Å². The molecule has 0 aliphatic heterocycles. The second kappa shape index (κ2) is 6.39. The van der Waals surface area contributed by atoms with Gasteiger partial charge in [-0.2, -0.15) is 0 Å². The van der Waals surface area contributed by atoms with Crippen molar-refractivity contribution in [2.45, 2.75) is 19.3 Å². The lowest BCUT2D eigenvalue weighted by Gasteiger charge is -2.12. The topological polar surface area (TPSA) is 42.0 Å². The van der Waals surface area contributed by atoms with Gasteiger partial charge in [0.25, 0.3) is 0 Å². The number of carbonyl (C=O) groups excluding carboxylic acids is 1. The van der Waals surface area contributed by atoms with Crippen molar-refractivity contribution < 1.29 is 4.79 Å². The fourth-order valence-corrected chi connectivity index (χ4v) is 2.53. The molecule has 1 aromatic heterocycles. The van der Waals surface area contributed by atoms with Crippen LogP contribution in [0.3, 0.4) is 0 Å². The van der Waals surface area contributed by atoms with Gasteiger partial charge in [-0.15, -0.1) is 0 Å². The van der Waals surface area contributed by atoms with Crippen molar-refractivity contribution in [1.29, 1.82) is 0 Å². The van der Waals surface area contributed by atoms with E-state index in [9.17, 15) is 4.79 Å². The largest absolute Gasteiger partial charge is 0.325 e. The number of nitrogens with one attached hydrogen (secondary N) is 1. The Balaban J connectivity index is 1.68. The summed E-state index contributed by atoms with van der Waals surface area (Å²) in [5.41, 5.74) is 2.84. The maximum Gasteiger partial charge on any atom is 0.225 e. The number of rotatable bonds is 4. The molecule has 1 N–H and O–H groups in total. The third kappa shape index (κ3) is 3.31. The van der Waals surface area contributed by atoms with Crippen molar-refractivity contribution >= 4 is 22.5 Å². The highest BCUT2D eigenvalue weighted by molar-refractivity contribution is 5.93. The van der Waals surface area contributed by atoms with E-state index in [1.165, 1.54) is 5.56 Å². The van der Waals surface area contributed by atoms with E-state index in [-0.39, 0.29) is 11.8 Å². The highest BCUT2D eigenvalue weighted by atomic mass is 16.1. The third-order valence-corrected chi connectivity index (χ3v) is 3.73. The molecule has 1 unspecified atom stereocenters. The molecule has 1 amide bonds. The first kappa shape index (κ1) is 14.3. The number of aromatic nitrogens is 1. The van der Waals surface area contributed by atoms with E-state index in [1.807, 2.05) is 48.5 Å². The maximum atomic E-state index is 12.2. The van der Waals surface area contributed by atoms with Gasteiger partial charge < -0.3 is 5.32 Å². The Morgan fingerprint density at radius 3 is 2.64 bits per heavy atom. The van der Waals surface area contributed by atoms with Crippen molar-refractivity contribution in [3.8, 4) is 0 Å². The summed E-state index contributed by atoms with van der Waals surface area (Å²) in [4.78, 5) is 16.6. The van der Waals surface area contributed by atoms with Crippen molar-refractivity contribution in [2.75, 3.05) is 5.32 Å². The number of hydrogen-bond acceptors (Lipinski definition) is 2. The number of nitrogens with zero attached hydrogens (tertiary/aromatic N) is 1. The Labute approximate surface area is 130 Å². The Bertz CT molecular complexity index is 784. The second-order valence-corrected chi connectivity index (χ2v) is 5.48. The van der Waals surface area contributed by atoms with E-state index < -0.39 is 0 Å². The first-order valence-corrected chi connectivity index (χ1v) is 7.42. The van der Waals surface area contributed by atoms with Gasteiger partial charge in [-0.3, -0.25) is 9.78 Å². The van der Waals surface area contributed by atoms with Gasteiger partial charge in [0, 0.05) is 11.8 Å². The summed E-state index contributed by atoms with van der Waals surface area (Å²) in [6.07, 6.45) is 2.16. The van der Waals surface area contributed by atoms with Gasteiger partial charge in [0.15, 0.2) is 0 Å². The lowest BCUT2D eigenvalue weighted by molar-refractivity contribution is -0.116. The van der Waals surface area contributed by atoms with Crippen LogP contribution in [-0.4, -0.2) is 10.9 Å². The number of pyridine rings is 1. The molecule has 3 heteroatoms. The Kier molecular flexibility index (Phi) is 4.15. The summed E-state index contributed by atoms with van der Waals surface area (Å²) in [6, 6.07) is 19.9. The standard InChI is InChI=1S/C19H18N2O/c1-14(15-7-3-2-4-8-15)11-19(22)21-17-12-16-9-5-6-10-18(16)20-13-17/h2-10,12-14H,11H2,1H3,(H,21,22). The van der Waals surface area contributed by atoms with E-state index in [2.05, 4.69) is 29.4 Å². The molecule has 0 fully saturated rings. The fraction of sp³-hybridized carbons (Fsp3) is 0.158. The van der Waals surface area contributed by atoms with Gasteiger partial charge >= 0.3 is 0 Å². The van der Waals surface area contributed by atoms with E-state index in [0.29, 0.717) is 6.42 Å². The van der Waals surface area contributed by atoms with Gasteiger partial charge in [-0.05, 0) is 23.6 Å². The lowest BCUT2D eigenvalue weighted by Crippen LogP contribution is -2.14. The monoisotopic (exact) mass is 290 g/mol. The molecule has 3 aromatic rings. The number of benzene rings is 2. The summed E-state index contributed by atoms with van der Waals surface area (Å²) in [6.45, 7) is 2.06. The lowest BCUT2D eigenvalue weighted by atomic mass is 9.97. The normalized spacial score (nSPS) is 12.0. The Morgan fingerprint density at radius 1 is 1.09 bits per heavy atom. The van der Waals surface area contributed by atoms with E-state index in [4.69, 9.17) is 0 Å². The van der Waals surface area contributed by atoms with Crippen LogP contribution < -0.4 is 5.32 Å². The summed E-state index contributed by atoms with van der Waals surface area (Å²) in [5.74, 6) is 0.197. The van der Waals surface area contributed by atoms with Gasteiger partial charge in [-0.1, -0.05) is 55.5 Å². The molecule has 3 rings (SSSR count).